The topological polar surface area (TPSA) is 72.0 Å². The first kappa shape index (κ1) is 19.2. The Bertz CT molecular complexity index is 706. The number of amides is 1. The molecule has 0 aliphatic rings. The minimum absolute atomic E-state index is 0.0652. The molecule has 0 aromatic carbocycles. The van der Waals surface area contributed by atoms with Crippen LogP contribution in [0.5, 0.6) is 0 Å². The van der Waals surface area contributed by atoms with Crippen LogP contribution in [-0.4, -0.2) is 21.7 Å². The molecule has 25 heavy (non-hydrogen) atoms. The maximum Gasteiger partial charge on any atom is 0.221 e. The average Bonchev–Trinajstić information content (AvgIpc) is 2.91. The van der Waals surface area contributed by atoms with Crippen LogP contribution in [0.15, 0.2) is 24.5 Å². The van der Waals surface area contributed by atoms with Gasteiger partial charge >= 0.3 is 0 Å². The van der Waals surface area contributed by atoms with Crippen molar-refractivity contribution in [3.63, 3.8) is 0 Å². The van der Waals surface area contributed by atoms with Gasteiger partial charge in [0.05, 0.1) is 11.7 Å². The molecule has 2 aromatic rings. The fourth-order valence-corrected chi connectivity index (χ4v) is 3.49. The number of nitrogens with zero attached hydrogens (tertiary/aromatic N) is 2. The van der Waals surface area contributed by atoms with Crippen molar-refractivity contribution in [3.05, 3.63) is 45.7 Å². The first-order valence-electron chi connectivity index (χ1n) is 8.53. The molecule has 5 nitrogen and oxygen atoms in total. The highest BCUT2D eigenvalue weighted by Gasteiger charge is 2.20. The molecule has 0 fully saturated rings. The number of carbonyl (C=O) groups excluding carboxylic acids is 2. The quantitative estimate of drug-likeness (QED) is 0.723. The van der Waals surface area contributed by atoms with Crippen molar-refractivity contribution >= 4 is 23.0 Å². The third-order valence-electron chi connectivity index (χ3n) is 3.95. The number of carbonyl (C=O) groups is 2. The van der Waals surface area contributed by atoms with Crippen LogP contribution in [-0.2, 0) is 4.79 Å². The number of aryl methyl sites for hydroxylation is 2. The lowest BCUT2D eigenvalue weighted by atomic mass is 10.0. The molecule has 1 unspecified atom stereocenters. The summed E-state index contributed by atoms with van der Waals surface area (Å²) in [5.41, 5.74) is 1.55. The number of pyridine rings is 1. The van der Waals surface area contributed by atoms with Crippen LogP contribution in [0.4, 0.5) is 0 Å². The Morgan fingerprint density at radius 1 is 1.24 bits per heavy atom. The summed E-state index contributed by atoms with van der Waals surface area (Å²) >= 11 is 1.63. The highest BCUT2D eigenvalue weighted by Crippen LogP contribution is 2.27. The number of Topliss-reactive ketones (excluding diaryl/α,β-unsaturated/α-hetero) is 1. The first-order valence-corrected chi connectivity index (χ1v) is 9.35. The van der Waals surface area contributed by atoms with Gasteiger partial charge in [-0.25, -0.2) is 4.98 Å². The molecule has 0 bridgehead atoms. The standard InChI is InChI=1S/C19H25N3O2S/c1-12(2)10-16(19-21-13(3)14(4)25-19)22-18(24)8-7-17(23)15-6-5-9-20-11-15/h5-6,9,11-12,16H,7-8,10H2,1-4H3,(H,22,24). The van der Waals surface area contributed by atoms with E-state index in [1.54, 1.807) is 29.7 Å². The SMILES string of the molecule is Cc1nc(C(CC(C)C)NC(=O)CCC(=O)c2cccnc2)sc1C. The zero-order valence-corrected chi connectivity index (χ0v) is 16.0. The van der Waals surface area contributed by atoms with E-state index in [9.17, 15) is 9.59 Å². The third-order valence-corrected chi connectivity index (χ3v) is 5.13. The highest BCUT2D eigenvalue weighted by atomic mass is 32.1. The summed E-state index contributed by atoms with van der Waals surface area (Å²) in [6, 6.07) is 3.34. The normalized spacial score (nSPS) is 12.2. The highest BCUT2D eigenvalue weighted by molar-refractivity contribution is 7.11. The van der Waals surface area contributed by atoms with Gasteiger partial charge in [0.1, 0.15) is 5.01 Å². The third kappa shape index (κ3) is 5.74. The van der Waals surface area contributed by atoms with Crippen LogP contribution in [0.3, 0.4) is 0 Å². The zero-order chi connectivity index (χ0) is 18.4. The van der Waals surface area contributed by atoms with Gasteiger partial charge in [0.15, 0.2) is 5.78 Å². The second-order valence-corrected chi connectivity index (χ2v) is 7.84. The number of hydrogen-bond donors (Lipinski definition) is 1. The van der Waals surface area contributed by atoms with Gasteiger partial charge < -0.3 is 5.32 Å². The summed E-state index contributed by atoms with van der Waals surface area (Å²) < 4.78 is 0. The smallest absolute Gasteiger partial charge is 0.221 e. The molecule has 0 saturated heterocycles. The lowest BCUT2D eigenvalue weighted by Crippen LogP contribution is -2.29. The molecule has 2 aromatic heterocycles. The number of hydrogen-bond acceptors (Lipinski definition) is 5. The van der Waals surface area contributed by atoms with Crippen molar-refractivity contribution in [1.82, 2.24) is 15.3 Å². The lowest BCUT2D eigenvalue weighted by molar-refractivity contribution is -0.121. The maximum atomic E-state index is 12.3. The van der Waals surface area contributed by atoms with Crippen molar-refractivity contribution in [1.29, 1.82) is 0 Å². The predicted molar refractivity (Wildman–Crippen MR) is 99.7 cm³/mol. The van der Waals surface area contributed by atoms with Crippen molar-refractivity contribution in [2.45, 2.75) is 53.0 Å². The van der Waals surface area contributed by atoms with Gasteiger partial charge in [0, 0.05) is 35.7 Å². The minimum atomic E-state index is -0.117. The second kappa shape index (κ2) is 8.85. The Labute approximate surface area is 152 Å². The minimum Gasteiger partial charge on any atom is -0.347 e. The lowest BCUT2D eigenvalue weighted by Gasteiger charge is -2.18. The predicted octanol–water partition coefficient (Wildman–Crippen LogP) is 4.02. The fourth-order valence-electron chi connectivity index (χ4n) is 2.51. The van der Waals surface area contributed by atoms with E-state index < -0.39 is 0 Å². The monoisotopic (exact) mass is 359 g/mol. The first-order chi connectivity index (χ1) is 11.9. The molecule has 0 aliphatic heterocycles. The van der Waals surface area contributed by atoms with E-state index in [4.69, 9.17) is 0 Å². The van der Waals surface area contributed by atoms with Gasteiger partial charge in [-0.05, 0) is 38.3 Å². The number of nitrogens with one attached hydrogen (secondary N) is 1. The molecule has 1 N–H and O–H groups in total. The Kier molecular flexibility index (Phi) is 6.82. The van der Waals surface area contributed by atoms with Crippen LogP contribution in [0.2, 0.25) is 0 Å². The van der Waals surface area contributed by atoms with Crippen LogP contribution in [0.1, 0.15) is 65.1 Å². The van der Waals surface area contributed by atoms with Crippen molar-refractivity contribution in [3.8, 4) is 0 Å². The van der Waals surface area contributed by atoms with E-state index in [-0.39, 0.29) is 30.6 Å². The van der Waals surface area contributed by atoms with Crippen molar-refractivity contribution in [2.75, 3.05) is 0 Å². The molecule has 0 radical (unpaired) electrons. The average molecular weight is 359 g/mol. The number of ketones is 1. The van der Waals surface area contributed by atoms with Gasteiger partial charge in [-0.1, -0.05) is 13.8 Å². The largest absolute Gasteiger partial charge is 0.347 e. The molecule has 134 valence electrons. The summed E-state index contributed by atoms with van der Waals surface area (Å²) in [5.74, 6) is 0.254. The molecule has 0 saturated carbocycles. The Morgan fingerprint density at radius 2 is 2.00 bits per heavy atom. The number of aromatic nitrogens is 2. The zero-order valence-electron chi connectivity index (χ0n) is 15.2. The van der Waals surface area contributed by atoms with E-state index in [2.05, 4.69) is 29.1 Å². The van der Waals surface area contributed by atoms with E-state index in [0.717, 1.165) is 17.1 Å². The summed E-state index contributed by atoms with van der Waals surface area (Å²) in [7, 11) is 0. The fraction of sp³-hybridized carbons (Fsp3) is 0.474. The van der Waals surface area contributed by atoms with Crippen LogP contribution >= 0.6 is 11.3 Å². The molecular weight excluding hydrogens is 334 g/mol. The van der Waals surface area contributed by atoms with Crippen LogP contribution in [0, 0.1) is 19.8 Å². The van der Waals surface area contributed by atoms with E-state index in [1.807, 2.05) is 13.8 Å². The van der Waals surface area contributed by atoms with Gasteiger partial charge in [0.25, 0.3) is 0 Å². The number of thiazole rings is 1. The number of rotatable bonds is 8. The summed E-state index contributed by atoms with van der Waals surface area (Å²) in [4.78, 5) is 34.1. The van der Waals surface area contributed by atoms with E-state index in [0.29, 0.717) is 11.5 Å². The summed E-state index contributed by atoms with van der Waals surface area (Å²) in [5, 5.41) is 3.99. The van der Waals surface area contributed by atoms with Crippen molar-refractivity contribution in [2.24, 2.45) is 5.92 Å². The van der Waals surface area contributed by atoms with E-state index >= 15 is 0 Å². The van der Waals surface area contributed by atoms with Gasteiger partial charge in [-0.15, -0.1) is 11.3 Å². The molecule has 6 heteroatoms. The Hall–Kier alpha value is -2.08. The maximum absolute atomic E-state index is 12.3. The molecule has 0 spiro atoms. The van der Waals surface area contributed by atoms with Crippen LogP contribution < -0.4 is 5.32 Å². The Balaban J connectivity index is 1.96. The molecule has 0 aliphatic carbocycles. The second-order valence-electron chi connectivity index (χ2n) is 6.61. The van der Waals surface area contributed by atoms with Gasteiger partial charge in [-0.2, -0.15) is 0 Å². The molecule has 1 atom stereocenters. The molecular formula is C19H25N3O2S. The van der Waals surface area contributed by atoms with Crippen molar-refractivity contribution < 1.29 is 9.59 Å². The van der Waals surface area contributed by atoms with Crippen LogP contribution in [0.25, 0.3) is 0 Å². The molecule has 2 rings (SSSR count). The Morgan fingerprint density at radius 3 is 2.56 bits per heavy atom. The van der Waals surface area contributed by atoms with Gasteiger partial charge in [-0.3, -0.25) is 14.6 Å². The molecule has 1 amide bonds. The van der Waals surface area contributed by atoms with E-state index in [1.165, 1.54) is 11.1 Å². The summed E-state index contributed by atoms with van der Waals surface area (Å²) in [6.07, 6.45) is 4.34. The summed E-state index contributed by atoms with van der Waals surface area (Å²) in [6.45, 7) is 8.27. The van der Waals surface area contributed by atoms with Gasteiger partial charge in [0.2, 0.25) is 5.91 Å². The molecule has 2 heterocycles.